The zero-order valence-corrected chi connectivity index (χ0v) is 14.5. The van der Waals surface area contributed by atoms with Gasteiger partial charge in [0.15, 0.2) is 5.82 Å². The Morgan fingerprint density at radius 3 is 2.88 bits per heavy atom. The second-order valence-corrected chi connectivity index (χ2v) is 8.45. The minimum atomic E-state index is 0.173. The van der Waals surface area contributed by atoms with Crippen LogP contribution in [0, 0.1) is 5.41 Å². The van der Waals surface area contributed by atoms with Crippen molar-refractivity contribution in [2.24, 2.45) is 5.41 Å². The minimum absolute atomic E-state index is 0.173. The molecule has 6 heteroatoms. The summed E-state index contributed by atoms with van der Waals surface area (Å²) in [6, 6.07) is 1.93. The van der Waals surface area contributed by atoms with Crippen molar-refractivity contribution in [3.8, 4) is 0 Å². The van der Waals surface area contributed by atoms with Gasteiger partial charge in [-0.3, -0.25) is 9.89 Å². The molecule has 2 aliphatic carbocycles. The molecule has 1 N–H and O–H groups in total. The largest absolute Gasteiger partial charge is 0.337 e. The highest BCUT2D eigenvalue weighted by molar-refractivity contribution is 7.08. The Hall–Kier alpha value is -1.69. The van der Waals surface area contributed by atoms with E-state index in [2.05, 4.69) is 15.1 Å². The Bertz CT molecular complexity index is 743. The van der Waals surface area contributed by atoms with Crippen LogP contribution in [0.4, 0.5) is 0 Å². The van der Waals surface area contributed by atoms with Crippen LogP contribution >= 0.6 is 11.3 Å². The first kappa shape index (κ1) is 14.6. The van der Waals surface area contributed by atoms with Crippen molar-refractivity contribution >= 4 is 17.2 Å². The maximum Gasteiger partial charge on any atom is 0.254 e. The number of carbonyl (C=O) groups is 1. The summed E-state index contributed by atoms with van der Waals surface area (Å²) < 4.78 is 0. The van der Waals surface area contributed by atoms with Gasteiger partial charge in [0.05, 0.1) is 5.56 Å². The summed E-state index contributed by atoms with van der Waals surface area (Å²) in [6.45, 7) is 1.64. The Morgan fingerprint density at radius 2 is 2.17 bits per heavy atom. The molecule has 1 spiro atoms. The average Bonchev–Trinajstić information content (AvgIpc) is 3.10. The zero-order chi connectivity index (χ0) is 16.1. The second kappa shape index (κ2) is 5.41. The van der Waals surface area contributed by atoms with E-state index in [9.17, 15) is 4.79 Å². The van der Waals surface area contributed by atoms with Gasteiger partial charge in [-0.15, -0.1) is 0 Å². The molecular weight excluding hydrogens is 320 g/mol. The predicted molar refractivity (Wildman–Crippen MR) is 92.2 cm³/mol. The molecule has 1 amide bonds. The van der Waals surface area contributed by atoms with Gasteiger partial charge in [0.25, 0.3) is 5.91 Å². The van der Waals surface area contributed by atoms with Gasteiger partial charge in [-0.2, -0.15) is 16.4 Å². The van der Waals surface area contributed by atoms with Crippen molar-refractivity contribution in [3.05, 3.63) is 34.0 Å². The number of likely N-dealkylation sites (tertiary alicyclic amines) is 1. The van der Waals surface area contributed by atoms with Gasteiger partial charge in [-0.25, -0.2) is 4.98 Å². The van der Waals surface area contributed by atoms with Crippen LogP contribution in [0.3, 0.4) is 0 Å². The lowest BCUT2D eigenvalue weighted by Crippen LogP contribution is -2.31. The van der Waals surface area contributed by atoms with E-state index in [1.165, 1.54) is 38.5 Å². The Kier molecular flexibility index (Phi) is 3.30. The first-order valence-corrected chi connectivity index (χ1v) is 9.93. The predicted octanol–water partition coefficient (Wildman–Crippen LogP) is 3.54. The fourth-order valence-corrected chi connectivity index (χ4v) is 5.25. The average molecular weight is 342 g/mol. The van der Waals surface area contributed by atoms with E-state index in [0.29, 0.717) is 11.8 Å². The molecule has 1 aliphatic heterocycles. The van der Waals surface area contributed by atoms with Crippen molar-refractivity contribution in [2.75, 3.05) is 13.1 Å². The molecule has 0 radical (unpaired) electrons. The highest BCUT2D eigenvalue weighted by atomic mass is 32.1. The molecule has 2 saturated carbocycles. The monoisotopic (exact) mass is 342 g/mol. The summed E-state index contributed by atoms with van der Waals surface area (Å²) in [7, 11) is 0. The number of H-pyrrole nitrogens is 1. The van der Waals surface area contributed by atoms with Gasteiger partial charge >= 0.3 is 0 Å². The minimum Gasteiger partial charge on any atom is -0.337 e. The maximum absolute atomic E-state index is 12.8. The van der Waals surface area contributed by atoms with Crippen LogP contribution in [0.2, 0.25) is 0 Å². The van der Waals surface area contributed by atoms with Crippen LogP contribution in [0.25, 0.3) is 0 Å². The molecule has 3 aliphatic rings. The molecule has 1 saturated heterocycles. The molecule has 126 valence electrons. The lowest BCUT2D eigenvalue weighted by Gasteiger charge is -2.28. The summed E-state index contributed by atoms with van der Waals surface area (Å²) in [4.78, 5) is 19.7. The van der Waals surface area contributed by atoms with Gasteiger partial charge in [-0.05, 0) is 42.5 Å². The van der Waals surface area contributed by atoms with E-state index in [0.717, 1.165) is 30.3 Å². The zero-order valence-electron chi connectivity index (χ0n) is 13.7. The first-order valence-electron chi connectivity index (χ1n) is 8.99. The number of nitrogens with zero attached hydrogens (tertiary/aromatic N) is 3. The highest BCUT2D eigenvalue weighted by Gasteiger charge is 2.51. The summed E-state index contributed by atoms with van der Waals surface area (Å²) in [5.74, 6) is 3.05. The van der Waals surface area contributed by atoms with Crippen molar-refractivity contribution in [3.63, 3.8) is 0 Å². The molecule has 3 heterocycles. The number of aromatic amines is 1. The van der Waals surface area contributed by atoms with Gasteiger partial charge in [0, 0.05) is 30.3 Å². The van der Waals surface area contributed by atoms with Gasteiger partial charge in [-0.1, -0.05) is 12.8 Å². The summed E-state index contributed by atoms with van der Waals surface area (Å²) in [5.41, 5.74) is 1.02. The summed E-state index contributed by atoms with van der Waals surface area (Å²) in [5, 5.41) is 11.6. The Labute approximate surface area is 145 Å². The third-order valence-corrected chi connectivity index (χ3v) is 6.78. The molecule has 1 unspecified atom stereocenters. The fraction of sp³-hybridized carbons (Fsp3) is 0.611. The van der Waals surface area contributed by atoms with E-state index < -0.39 is 0 Å². The number of carbonyl (C=O) groups excluding carboxylic acids is 1. The van der Waals surface area contributed by atoms with Gasteiger partial charge in [0.2, 0.25) is 0 Å². The lowest BCUT2D eigenvalue weighted by atomic mass is 9.76. The Balaban J connectivity index is 1.44. The molecule has 0 bridgehead atoms. The van der Waals surface area contributed by atoms with E-state index in [4.69, 9.17) is 4.98 Å². The van der Waals surface area contributed by atoms with Crippen LogP contribution in [-0.4, -0.2) is 39.1 Å². The van der Waals surface area contributed by atoms with E-state index in [1.54, 1.807) is 11.3 Å². The quantitative estimate of drug-likeness (QED) is 0.928. The standard InChI is InChI=1S/C18H22N4OS/c23-17(13-5-8-24-10-13)22-9-14(18(11-22)6-1-2-7-18)16-19-15(20-21-16)12-3-4-12/h5,8,10,12,14H,1-4,6-7,9,11H2,(H,19,20,21). The molecule has 5 rings (SSSR count). The van der Waals surface area contributed by atoms with Crippen molar-refractivity contribution in [1.82, 2.24) is 20.1 Å². The van der Waals surface area contributed by atoms with Crippen molar-refractivity contribution in [2.45, 2.75) is 50.4 Å². The molecule has 24 heavy (non-hydrogen) atoms. The van der Waals surface area contributed by atoms with E-state index >= 15 is 0 Å². The third kappa shape index (κ3) is 2.31. The maximum atomic E-state index is 12.8. The van der Waals surface area contributed by atoms with Gasteiger partial charge in [0.1, 0.15) is 5.82 Å². The number of thiophene rings is 1. The van der Waals surface area contributed by atoms with Crippen LogP contribution in [0.5, 0.6) is 0 Å². The number of amides is 1. The second-order valence-electron chi connectivity index (χ2n) is 7.67. The molecule has 3 fully saturated rings. The molecule has 2 aromatic rings. The summed E-state index contributed by atoms with van der Waals surface area (Å²) in [6.07, 6.45) is 7.36. The van der Waals surface area contributed by atoms with E-state index in [1.807, 2.05) is 16.8 Å². The molecule has 2 aromatic heterocycles. The molecule has 0 aromatic carbocycles. The number of rotatable bonds is 3. The first-order chi connectivity index (χ1) is 11.8. The van der Waals surface area contributed by atoms with Crippen LogP contribution in [0.15, 0.2) is 16.8 Å². The van der Waals surface area contributed by atoms with Crippen molar-refractivity contribution < 1.29 is 4.79 Å². The lowest BCUT2D eigenvalue weighted by molar-refractivity contribution is 0.0774. The van der Waals surface area contributed by atoms with Crippen molar-refractivity contribution in [1.29, 1.82) is 0 Å². The smallest absolute Gasteiger partial charge is 0.254 e. The number of nitrogens with one attached hydrogen (secondary N) is 1. The fourth-order valence-electron chi connectivity index (χ4n) is 4.62. The van der Waals surface area contributed by atoms with Crippen LogP contribution in [-0.2, 0) is 0 Å². The number of hydrogen-bond donors (Lipinski definition) is 1. The topological polar surface area (TPSA) is 61.9 Å². The highest BCUT2D eigenvalue weighted by Crippen LogP contribution is 2.53. The molecule has 1 atom stereocenters. The van der Waals surface area contributed by atoms with Crippen LogP contribution in [0.1, 0.15) is 72.4 Å². The van der Waals surface area contributed by atoms with Gasteiger partial charge < -0.3 is 4.90 Å². The van der Waals surface area contributed by atoms with Crippen LogP contribution < -0.4 is 0 Å². The van der Waals surface area contributed by atoms with E-state index in [-0.39, 0.29) is 11.3 Å². The Morgan fingerprint density at radius 1 is 1.33 bits per heavy atom. The third-order valence-electron chi connectivity index (χ3n) is 6.10. The number of hydrogen-bond acceptors (Lipinski definition) is 4. The summed E-state index contributed by atoms with van der Waals surface area (Å²) >= 11 is 1.59. The molecular formula is C18H22N4OS. The SMILES string of the molecule is O=C(c1ccsc1)N1CC(c2nc(C3CC3)n[nH]2)C2(CCCC2)C1. The molecule has 5 nitrogen and oxygen atoms in total. The normalized spacial score (nSPS) is 25.7. The number of aromatic nitrogens is 3.